The van der Waals surface area contributed by atoms with Gasteiger partial charge in [-0.25, -0.2) is 0 Å². The number of hydrogen-bond donors (Lipinski definition) is 0. The molecule has 178 valence electrons. The lowest BCUT2D eigenvalue weighted by atomic mass is 9.89. The Labute approximate surface area is 220 Å². The van der Waals surface area contributed by atoms with Crippen molar-refractivity contribution in [2.75, 3.05) is 0 Å². The number of ketones is 2. The monoisotopic (exact) mass is 506 g/mol. The second-order valence-electron chi connectivity index (χ2n) is 9.14. The van der Waals surface area contributed by atoms with Crippen molar-refractivity contribution < 1.29 is 9.59 Å². The van der Waals surface area contributed by atoms with Crippen LogP contribution >= 0.6 is 22.7 Å². The van der Waals surface area contributed by atoms with Gasteiger partial charge in [0.15, 0.2) is 11.6 Å². The van der Waals surface area contributed by atoms with Crippen molar-refractivity contribution in [1.29, 1.82) is 0 Å². The molecule has 2 nitrogen and oxygen atoms in total. The van der Waals surface area contributed by atoms with Gasteiger partial charge >= 0.3 is 0 Å². The van der Waals surface area contributed by atoms with E-state index in [0.717, 1.165) is 59.9 Å². The highest BCUT2D eigenvalue weighted by Crippen LogP contribution is 2.41. The van der Waals surface area contributed by atoms with Gasteiger partial charge in [-0.15, -0.1) is 22.7 Å². The highest BCUT2D eigenvalue weighted by molar-refractivity contribution is 7.15. The van der Waals surface area contributed by atoms with E-state index >= 15 is 0 Å². The van der Waals surface area contributed by atoms with Gasteiger partial charge in [0.05, 0.1) is 0 Å². The molecule has 0 N–H and O–H groups in total. The van der Waals surface area contributed by atoms with Crippen LogP contribution in [0, 0.1) is 0 Å². The second-order valence-corrected chi connectivity index (χ2v) is 11.2. The number of rotatable bonds is 4. The van der Waals surface area contributed by atoms with Crippen LogP contribution in [0.5, 0.6) is 0 Å². The summed E-state index contributed by atoms with van der Waals surface area (Å²) in [7, 11) is 0. The highest BCUT2D eigenvalue weighted by Gasteiger charge is 2.22. The van der Waals surface area contributed by atoms with Gasteiger partial charge in [0.25, 0.3) is 0 Å². The largest absolute Gasteiger partial charge is 0.289 e. The van der Waals surface area contributed by atoms with E-state index in [1.54, 1.807) is 22.7 Å². The Morgan fingerprint density at radius 2 is 1.06 bits per heavy atom. The van der Waals surface area contributed by atoms with Crippen LogP contribution in [0.2, 0.25) is 0 Å². The van der Waals surface area contributed by atoms with Crippen LogP contribution in [0.4, 0.5) is 0 Å². The number of carbonyl (C=O) groups is 2. The fraction of sp³-hybridized carbons (Fsp3) is 0.125. The molecule has 0 fully saturated rings. The van der Waals surface area contributed by atoms with Crippen LogP contribution in [0.1, 0.15) is 47.9 Å². The number of allylic oxidation sites excluding steroid dienone is 10. The van der Waals surface area contributed by atoms with Crippen molar-refractivity contribution in [2.45, 2.75) is 27.7 Å². The standard InChI is InChI=1S/C32H26O2S2/c1-19-15-24(16-20(2)31(19)33)29(23-9-6-5-7-10-23)27-12-13-28(36-27)30(26-11-8-14-35-26)25-17-21(3)32(34)22(4)18-25/h5-18H,1-4H3. The Bertz CT molecular complexity index is 1520. The average molecular weight is 507 g/mol. The zero-order chi connectivity index (χ0) is 25.4. The van der Waals surface area contributed by atoms with Crippen molar-refractivity contribution in [3.8, 4) is 0 Å². The van der Waals surface area contributed by atoms with E-state index in [4.69, 9.17) is 0 Å². The molecule has 0 radical (unpaired) electrons. The minimum atomic E-state index is 0.0962. The molecule has 4 heteroatoms. The summed E-state index contributed by atoms with van der Waals surface area (Å²) < 4.78 is 0. The third kappa shape index (κ3) is 4.50. The maximum atomic E-state index is 12.4. The third-order valence-corrected chi connectivity index (χ3v) is 8.43. The van der Waals surface area contributed by atoms with Crippen LogP contribution in [0.25, 0.3) is 11.1 Å². The molecule has 2 aliphatic rings. The van der Waals surface area contributed by atoms with Gasteiger partial charge in [-0.05, 0) is 115 Å². The van der Waals surface area contributed by atoms with Gasteiger partial charge in [-0.2, -0.15) is 0 Å². The van der Waals surface area contributed by atoms with Gasteiger partial charge in [0.2, 0.25) is 0 Å². The molecule has 0 aliphatic heterocycles. The van der Waals surface area contributed by atoms with Crippen LogP contribution in [0.3, 0.4) is 0 Å². The maximum absolute atomic E-state index is 12.4. The lowest BCUT2D eigenvalue weighted by Crippen LogP contribution is -2.07. The van der Waals surface area contributed by atoms with Crippen molar-refractivity contribution in [3.63, 3.8) is 0 Å². The fourth-order valence-electron chi connectivity index (χ4n) is 4.68. The predicted molar refractivity (Wildman–Crippen MR) is 152 cm³/mol. The molecule has 2 aliphatic carbocycles. The predicted octanol–water partition coefficient (Wildman–Crippen LogP) is 8.36. The van der Waals surface area contributed by atoms with Crippen molar-refractivity contribution in [1.82, 2.24) is 0 Å². The summed E-state index contributed by atoms with van der Waals surface area (Å²) in [6.07, 6.45) is 8.01. The van der Waals surface area contributed by atoms with Crippen LogP contribution in [0.15, 0.2) is 118 Å². The third-order valence-electron chi connectivity index (χ3n) is 6.43. The Balaban J connectivity index is 1.73. The first kappa shape index (κ1) is 24.1. The van der Waals surface area contributed by atoms with Gasteiger partial charge in [-0.3, -0.25) is 9.59 Å². The second kappa shape index (κ2) is 9.81. The van der Waals surface area contributed by atoms with E-state index in [0.29, 0.717) is 0 Å². The molecular weight excluding hydrogens is 480 g/mol. The van der Waals surface area contributed by atoms with Crippen molar-refractivity contribution in [3.05, 3.63) is 138 Å². The molecule has 0 saturated carbocycles. The summed E-state index contributed by atoms with van der Waals surface area (Å²) in [5.41, 5.74) is 8.51. The van der Waals surface area contributed by atoms with E-state index < -0.39 is 0 Å². The molecule has 0 bridgehead atoms. The molecule has 0 spiro atoms. The molecule has 0 atom stereocenters. The number of Topliss-reactive ketones (excluding diaryl/α,β-unsaturated/α-hetero) is 2. The zero-order valence-corrected chi connectivity index (χ0v) is 22.3. The Morgan fingerprint density at radius 3 is 1.56 bits per heavy atom. The lowest BCUT2D eigenvalue weighted by Gasteiger charge is -2.16. The summed E-state index contributed by atoms with van der Waals surface area (Å²) in [4.78, 5) is 28.3. The van der Waals surface area contributed by atoms with Gasteiger partial charge in [0.1, 0.15) is 0 Å². The molecule has 1 aromatic carbocycles. The highest BCUT2D eigenvalue weighted by atomic mass is 32.1. The first-order chi connectivity index (χ1) is 17.3. The van der Waals surface area contributed by atoms with Gasteiger partial charge in [-0.1, -0.05) is 36.4 Å². The Kier molecular flexibility index (Phi) is 6.57. The fourth-order valence-corrected chi connectivity index (χ4v) is 6.73. The molecule has 0 saturated heterocycles. The average Bonchev–Trinajstić information content (AvgIpc) is 3.55. The molecular formula is C32H26O2S2. The first-order valence-corrected chi connectivity index (χ1v) is 13.5. The molecule has 5 rings (SSSR count). The van der Waals surface area contributed by atoms with Crippen LogP contribution in [-0.4, -0.2) is 11.6 Å². The van der Waals surface area contributed by atoms with E-state index in [1.165, 1.54) is 4.88 Å². The molecule has 0 amide bonds. The molecule has 36 heavy (non-hydrogen) atoms. The molecule has 3 aromatic rings. The Hall–Kier alpha value is -3.60. The minimum absolute atomic E-state index is 0.0962. The van der Waals surface area contributed by atoms with Crippen molar-refractivity contribution in [2.24, 2.45) is 0 Å². The zero-order valence-electron chi connectivity index (χ0n) is 20.7. The number of hydrogen-bond acceptors (Lipinski definition) is 4. The number of thiophene rings is 2. The molecule has 0 unspecified atom stereocenters. The maximum Gasteiger partial charge on any atom is 0.184 e. The Morgan fingerprint density at radius 1 is 0.556 bits per heavy atom. The van der Waals surface area contributed by atoms with E-state index in [2.05, 4.69) is 41.8 Å². The normalized spacial score (nSPS) is 15.9. The SMILES string of the molecule is CC1=CC(=C(c2ccccc2)c2ccc(C(=C3C=C(C)C(=O)C(C)=C3)c3cccs3)s2)C=C(C)C1=O. The topological polar surface area (TPSA) is 34.1 Å². The van der Waals surface area contributed by atoms with Crippen molar-refractivity contribution >= 4 is 45.4 Å². The summed E-state index contributed by atoms with van der Waals surface area (Å²) in [6.45, 7) is 7.54. The summed E-state index contributed by atoms with van der Waals surface area (Å²) in [6, 6.07) is 18.9. The molecule has 2 aromatic heterocycles. The quantitative estimate of drug-likeness (QED) is 0.356. The minimum Gasteiger partial charge on any atom is -0.289 e. The van der Waals surface area contributed by atoms with E-state index in [1.807, 2.05) is 70.2 Å². The van der Waals surface area contributed by atoms with Crippen LogP contribution in [-0.2, 0) is 9.59 Å². The summed E-state index contributed by atoms with van der Waals surface area (Å²) in [5.74, 6) is 0.197. The van der Waals surface area contributed by atoms with Gasteiger partial charge in [0, 0.05) is 25.8 Å². The molecule has 2 heterocycles. The first-order valence-electron chi connectivity index (χ1n) is 11.8. The number of carbonyl (C=O) groups excluding carboxylic acids is 2. The smallest absolute Gasteiger partial charge is 0.184 e. The summed E-state index contributed by atoms with van der Waals surface area (Å²) in [5, 5.41) is 2.09. The van der Waals surface area contributed by atoms with E-state index in [9.17, 15) is 9.59 Å². The lowest BCUT2D eigenvalue weighted by molar-refractivity contribution is -0.113. The number of benzene rings is 1. The summed E-state index contributed by atoms with van der Waals surface area (Å²) >= 11 is 3.44. The van der Waals surface area contributed by atoms with Gasteiger partial charge < -0.3 is 0 Å². The van der Waals surface area contributed by atoms with Crippen LogP contribution < -0.4 is 0 Å². The van der Waals surface area contributed by atoms with E-state index in [-0.39, 0.29) is 11.6 Å².